The normalized spacial score (nSPS) is 11.0. The molecule has 0 saturated carbocycles. The predicted octanol–water partition coefficient (Wildman–Crippen LogP) is 2.48. The van der Waals surface area contributed by atoms with E-state index < -0.39 is 0 Å². The average molecular weight is 326 g/mol. The first-order chi connectivity index (χ1) is 11.6. The largest absolute Gasteiger partial charge is 0.349 e. The van der Waals surface area contributed by atoms with Crippen molar-refractivity contribution in [3.63, 3.8) is 0 Å². The van der Waals surface area contributed by atoms with Gasteiger partial charge in [-0.2, -0.15) is 4.68 Å². The molecule has 1 aromatic heterocycles. The van der Waals surface area contributed by atoms with Crippen molar-refractivity contribution >= 4 is 5.95 Å². The molecule has 0 radical (unpaired) electrons. The number of rotatable bonds is 6. The van der Waals surface area contributed by atoms with E-state index in [9.17, 15) is 4.39 Å². The topological polar surface area (TPSA) is 58.9 Å². The van der Waals surface area contributed by atoms with E-state index in [-0.39, 0.29) is 5.82 Å². The molecular weight excluding hydrogens is 307 g/mol. The Hall–Kier alpha value is -2.80. The van der Waals surface area contributed by atoms with Crippen molar-refractivity contribution in [2.24, 2.45) is 0 Å². The van der Waals surface area contributed by atoms with E-state index in [4.69, 9.17) is 0 Å². The number of nitrogens with one attached hydrogen (secondary N) is 1. The fourth-order valence-corrected chi connectivity index (χ4v) is 2.39. The minimum atomic E-state index is -0.203. The van der Waals surface area contributed by atoms with E-state index in [1.54, 1.807) is 10.7 Å². The number of anilines is 1. The molecule has 0 fully saturated rings. The molecule has 0 bridgehead atoms. The summed E-state index contributed by atoms with van der Waals surface area (Å²) in [6.45, 7) is 1.01. The smallest absolute Gasteiger partial charge is 0.248 e. The summed E-state index contributed by atoms with van der Waals surface area (Å²) < 4.78 is 15.7. The molecule has 0 aliphatic rings. The van der Waals surface area contributed by atoms with Crippen molar-refractivity contribution in [2.45, 2.75) is 13.1 Å². The Morgan fingerprint density at radius 1 is 1.12 bits per heavy atom. The summed E-state index contributed by atoms with van der Waals surface area (Å²) >= 11 is 0. The number of tetrazole rings is 1. The van der Waals surface area contributed by atoms with Crippen LogP contribution in [0.1, 0.15) is 11.1 Å². The lowest BCUT2D eigenvalue weighted by atomic mass is 10.1. The Morgan fingerprint density at radius 3 is 2.62 bits per heavy atom. The molecule has 0 amide bonds. The molecule has 6 nitrogen and oxygen atoms in total. The third-order valence-corrected chi connectivity index (χ3v) is 3.52. The Morgan fingerprint density at radius 2 is 1.92 bits per heavy atom. The van der Waals surface area contributed by atoms with Gasteiger partial charge in [-0.3, -0.25) is 0 Å². The first kappa shape index (κ1) is 16.1. The SMILES string of the molecule is CN(C)Cc1ccc(CNc2nnnn2-c2ccccc2)cc1F. The quantitative estimate of drug-likeness (QED) is 0.754. The Bertz CT molecular complexity index is 800. The summed E-state index contributed by atoms with van der Waals surface area (Å²) in [5.41, 5.74) is 2.37. The second-order valence-electron chi connectivity index (χ2n) is 5.77. The van der Waals surface area contributed by atoms with Crippen LogP contribution in [0.4, 0.5) is 10.3 Å². The minimum Gasteiger partial charge on any atom is -0.349 e. The molecule has 0 aliphatic carbocycles. The highest BCUT2D eigenvalue weighted by molar-refractivity contribution is 5.39. The molecule has 3 rings (SSSR count). The predicted molar refractivity (Wildman–Crippen MR) is 90.3 cm³/mol. The second kappa shape index (κ2) is 7.18. The molecule has 0 atom stereocenters. The molecule has 3 aromatic rings. The van der Waals surface area contributed by atoms with Gasteiger partial charge in [0, 0.05) is 18.7 Å². The number of hydrogen-bond acceptors (Lipinski definition) is 5. The maximum absolute atomic E-state index is 14.1. The molecule has 2 aromatic carbocycles. The van der Waals surface area contributed by atoms with Gasteiger partial charge in [0.15, 0.2) is 0 Å². The van der Waals surface area contributed by atoms with Gasteiger partial charge >= 0.3 is 0 Å². The van der Waals surface area contributed by atoms with Crippen LogP contribution in [-0.2, 0) is 13.1 Å². The van der Waals surface area contributed by atoms with Gasteiger partial charge in [0.2, 0.25) is 5.95 Å². The zero-order chi connectivity index (χ0) is 16.9. The number of para-hydroxylation sites is 1. The van der Waals surface area contributed by atoms with E-state index in [2.05, 4.69) is 20.8 Å². The van der Waals surface area contributed by atoms with Gasteiger partial charge in [0.05, 0.1) is 5.69 Å². The van der Waals surface area contributed by atoms with Crippen LogP contribution in [0.2, 0.25) is 0 Å². The molecule has 7 heteroatoms. The van der Waals surface area contributed by atoms with E-state index in [1.807, 2.05) is 61.5 Å². The summed E-state index contributed by atoms with van der Waals surface area (Å²) in [6, 6.07) is 14.9. The lowest BCUT2D eigenvalue weighted by Gasteiger charge is -2.12. The van der Waals surface area contributed by atoms with Crippen molar-refractivity contribution in [3.05, 3.63) is 65.5 Å². The molecule has 0 aliphatic heterocycles. The minimum absolute atomic E-state index is 0.203. The van der Waals surface area contributed by atoms with Gasteiger partial charge < -0.3 is 10.2 Å². The second-order valence-corrected chi connectivity index (χ2v) is 5.77. The standard InChI is InChI=1S/C17H19FN6/c1-23(2)12-14-9-8-13(10-16(14)18)11-19-17-20-21-22-24(17)15-6-4-3-5-7-15/h3-10H,11-12H2,1-2H3,(H,19,20,22). The zero-order valence-corrected chi connectivity index (χ0v) is 13.6. The van der Waals surface area contributed by atoms with Gasteiger partial charge in [-0.1, -0.05) is 35.4 Å². The van der Waals surface area contributed by atoms with Gasteiger partial charge in [-0.05, 0) is 48.3 Å². The van der Waals surface area contributed by atoms with Crippen LogP contribution in [0, 0.1) is 5.82 Å². The van der Waals surface area contributed by atoms with Crippen molar-refractivity contribution in [1.29, 1.82) is 0 Å². The maximum atomic E-state index is 14.1. The molecule has 0 unspecified atom stereocenters. The summed E-state index contributed by atoms with van der Waals surface area (Å²) in [5, 5.41) is 14.8. The zero-order valence-electron chi connectivity index (χ0n) is 13.6. The molecule has 24 heavy (non-hydrogen) atoms. The first-order valence-corrected chi connectivity index (χ1v) is 7.63. The number of benzene rings is 2. The molecular formula is C17H19FN6. The number of hydrogen-bond donors (Lipinski definition) is 1. The highest BCUT2D eigenvalue weighted by Gasteiger charge is 2.09. The van der Waals surface area contributed by atoms with Crippen LogP contribution in [-0.4, -0.2) is 39.2 Å². The summed E-state index contributed by atoms with van der Waals surface area (Å²) in [6.07, 6.45) is 0. The van der Waals surface area contributed by atoms with Crippen LogP contribution in [0.5, 0.6) is 0 Å². The first-order valence-electron chi connectivity index (χ1n) is 7.63. The van der Waals surface area contributed by atoms with Crippen molar-refractivity contribution < 1.29 is 4.39 Å². The van der Waals surface area contributed by atoms with Crippen molar-refractivity contribution in [1.82, 2.24) is 25.1 Å². The fraction of sp³-hybridized carbons (Fsp3) is 0.235. The van der Waals surface area contributed by atoms with E-state index in [0.717, 1.165) is 11.3 Å². The van der Waals surface area contributed by atoms with Crippen LogP contribution >= 0.6 is 0 Å². The van der Waals surface area contributed by atoms with Crippen LogP contribution in [0.3, 0.4) is 0 Å². The van der Waals surface area contributed by atoms with Crippen LogP contribution < -0.4 is 5.32 Å². The van der Waals surface area contributed by atoms with E-state index >= 15 is 0 Å². The van der Waals surface area contributed by atoms with Crippen LogP contribution in [0.15, 0.2) is 48.5 Å². The summed E-state index contributed by atoms with van der Waals surface area (Å²) in [4.78, 5) is 1.93. The van der Waals surface area contributed by atoms with Crippen molar-refractivity contribution in [2.75, 3.05) is 19.4 Å². The number of nitrogens with zero attached hydrogens (tertiary/aromatic N) is 5. The highest BCUT2D eigenvalue weighted by atomic mass is 19.1. The highest BCUT2D eigenvalue weighted by Crippen LogP contribution is 2.15. The fourth-order valence-electron chi connectivity index (χ4n) is 2.39. The van der Waals surface area contributed by atoms with Gasteiger partial charge in [-0.15, -0.1) is 0 Å². The lowest BCUT2D eigenvalue weighted by Crippen LogP contribution is -2.12. The Balaban J connectivity index is 1.71. The average Bonchev–Trinajstić information content (AvgIpc) is 3.04. The van der Waals surface area contributed by atoms with Gasteiger partial charge in [0.1, 0.15) is 5.82 Å². The molecule has 1 N–H and O–H groups in total. The maximum Gasteiger partial charge on any atom is 0.248 e. The van der Waals surface area contributed by atoms with Crippen molar-refractivity contribution in [3.8, 4) is 5.69 Å². The van der Waals surface area contributed by atoms with Gasteiger partial charge in [-0.25, -0.2) is 4.39 Å². The lowest BCUT2D eigenvalue weighted by molar-refractivity contribution is 0.392. The molecule has 0 spiro atoms. The summed E-state index contributed by atoms with van der Waals surface area (Å²) in [5.74, 6) is 0.310. The third kappa shape index (κ3) is 3.75. The molecule has 0 saturated heterocycles. The summed E-state index contributed by atoms with van der Waals surface area (Å²) in [7, 11) is 3.83. The number of aromatic nitrogens is 4. The Labute approximate surface area is 139 Å². The monoisotopic (exact) mass is 326 g/mol. The third-order valence-electron chi connectivity index (χ3n) is 3.52. The van der Waals surface area contributed by atoms with Gasteiger partial charge in [0.25, 0.3) is 0 Å². The molecule has 1 heterocycles. The van der Waals surface area contributed by atoms with E-state index in [0.29, 0.717) is 24.6 Å². The van der Waals surface area contributed by atoms with E-state index in [1.165, 1.54) is 0 Å². The Kier molecular flexibility index (Phi) is 4.81. The number of halogens is 1. The van der Waals surface area contributed by atoms with Crippen LogP contribution in [0.25, 0.3) is 5.69 Å². The molecule has 124 valence electrons.